The van der Waals surface area contributed by atoms with Gasteiger partial charge >= 0.3 is 0 Å². The minimum atomic E-state index is 0.0356. The molecule has 2 unspecified atom stereocenters. The molecular formula is C34H50N4O2S. The molecule has 1 aliphatic carbocycles. The summed E-state index contributed by atoms with van der Waals surface area (Å²) in [5, 5.41) is 0. The molecule has 5 heterocycles. The van der Waals surface area contributed by atoms with Crippen LogP contribution in [0.3, 0.4) is 0 Å². The van der Waals surface area contributed by atoms with Gasteiger partial charge in [0.2, 0.25) is 5.91 Å². The normalized spacial score (nSPS) is 26.0. The predicted octanol–water partition coefficient (Wildman–Crippen LogP) is 6.98. The standard InChI is InChI=1S/C34H50N4O2S/c1-22(2)34(40)36-16-15-31-30(21-36)35-24(4)38(31)29-19-27-11-12-28(20-29)37(27)17-14-26(33-13-10-23(3)41-33)18-32(39)25-8-6-5-7-9-25/h10,13,22,25-29H,5-9,11-12,14-21H2,1-4H3/t26-,27?,28?,29?/m1/s1. The van der Waals surface area contributed by atoms with Crippen LogP contribution in [0.1, 0.15) is 123 Å². The number of fused-ring (bicyclic) bond motifs is 3. The number of hydrogen-bond acceptors (Lipinski definition) is 5. The third kappa shape index (κ3) is 6.08. The molecule has 6 nitrogen and oxygen atoms in total. The van der Waals surface area contributed by atoms with E-state index in [1.807, 2.05) is 30.1 Å². The highest BCUT2D eigenvalue weighted by molar-refractivity contribution is 7.12. The molecule has 0 spiro atoms. The Kier molecular flexibility index (Phi) is 8.74. The highest BCUT2D eigenvalue weighted by atomic mass is 32.1. The summed E-state index contributed by atoms with van der Waals surface area (Å²) in [6.45, 7) is 10.9. The number of rotatable bonds is 9. The molecule has 2 aromatic heterocycles. The van der Waals surface area contributed by atoms with Crippen LogP contribution in [0.25, 0.3) is 0 Å². The monoisotopic (exact) mass is 578 g/mol. The van der Waals surface area contributed by atoms with E-state index in [-0.39, 0.29) is 11.8 Å². The highest BCUT2D eigenvalue weighted by Gasteiger charge is 2.42. The summed E-state index contributed by atoms with van der Waals surface area (Å²) >= 11 is 1.90. The van der Waals surface area contributed by atoms with E-state index in [4.69, 9.17) is 4.98 Å². The quantitative estimate of drug-likeness (QED) is 0.322. The zero-order valence-electron chi connectivity index (χ0n) is 25.7. The topological polar surface area (TPSA) is 58.4 Å². The second-order valence-corrected chi connectivity index (χ2v) is 15.1. The second-order valence-electron chi connectivity index (χ2n) is 13.8. The minimum absolute atomic E-state index is 0.0356. The Balaban J connectivity index is 1.11. The third-order valence-corrected chi connectivity index (χ3v) is 11.8. The first-order valence-electron chi connectivity index (χ1n) is 16.5. The lowest BCUT2D eigenvalue weighted by Crippen LogP contribution is -2.45. The third-order valence-electron chi connectivity index (χ3n) is 10.7. The van der Waals surface area contributed by atoms with Crippen molar-refractivity contribution >= 4 is 23.0 Å². The molecule has 2 aromatic rings. The Morgan fingerprint density at radius 3 is 2.39 bits per heavy atom. The second kappa shape index (κ2) is 12.3. The van der Waals surface area contributed by atoms with Crippen molar-refractivity contribution in [2.75, 3.05) is 13.1 Å². The van der Waals surface area contributed by atoms with Crippen molar-refractivity contribution in [1.29, 1.82) is 0 Å². The van der Waals surface area contributed by atoms with Gasteiger partial charge in [0.1, 0.15) is 11.6 Å². The summed E-state index contributed by atoms with van der Waals surface area (Å²) in [5.74, 6) is 2.59. The molecule has 1 amide bonds. The van der Waals surface area contributed by atoms with Gasteiger partial charge in [-0.25, -0.2) is 4.98 Å². The number of piperidine rings is 1. The van der Waals surface area contributed by atoms with Crippen molar-refractivity contribution in [3.8, 4) is 0 Å². The van der Waals surface area contributed by atoms with E-state index in [0.717, 1.165) is 56.7 Å². The van der Waals surface area contributed by atoms with Crippen LogP contribution >= 0.6 is 11.3 Å². The van der Waals surface area contributed by atoms with Gasteiger partial charge in [0, 0.05) is 70.7 Å². The van der Waals surface area contributed by atoms with Gasteiger partial charge in [-0.05, 0) is 77.5 Å². The number of amides is 1. The van der Waals surface area contributed by atoms with E-state index in [1.54, 1.807) is 0 Å². The van der Waals surface area contributed by atoms with Crippen LogP contribution in [-0.2, 0) is 22.6 Å². The number of ketones is 1. The summed E-state index contributed by atoms with van der Waals surface area (Å²) in [7, 11) is 0. The van der Waals surface area contributed by atoms with Crippen LogP contribution in [0.15, 0.2) is 12.1 Å². The molecule has 4 aliphatic rings. The van der Waals surface area contributed by atoms with Crippen LogP contribution in [0.2, 0.25) is 0 Å². The highest BCUT2D eigenvalue weighted by Crippen LogP contribution is 2.43. The van der Waals surface area contributed by atoms with Gasteiger partial charge in [0.15, 0.2) is 0 Å². The van der Waals surface area contributed by atoms with Crippen molar-refractivity contribution in [2.24, 2.45) is 11.8 Å². The predicted molar refractivity (Wildman–Crippen MR) is 165 cm³/mol. The Bertz CT molecular complexity index is 1230. The van der Waals surface area contributed by atoms with E-state index in [2.05, 4.69) is 35.4 Å². The first-order valence-corrected chi connectivity index (χ1v) is 17.3. The molecule has 41 heavy (non-hydrogen) atoms. The number of aryl methyl sites for hydroxylation is 2. The Labute approximate surface area is 250 Å². The lowest BCUT2D eigenvalue weighted by Gasteiger charge is -2.41. The summed E-state index contributed by atoms with van der Waals surface area (Å²) in [6.07, 6.45) is 13.7. The summed E-state index contributed by atoms with van der Waals surface area (Å²) in [4.78, 5) is 38.6. The van der Waals surface area contributed by atoms with Crippen molar-refractivity contribution in [2.45, 2.75) is 135 Å². The number of thiophene rings is 1. The molecule has 6 rings (SSSR count). The minimum Gasteiger partial charge on any atom is -0.336 e. The first kappa shape index (κ1) is 29.1. The van der Waals surface area contributed by atoms with E-state index in [9.17, 15) is 9.59 Å². The van der Waals surface area contributed by atoms with E-state index >= 15 is 0 Å². The van der Waals surface area contributed by atoms with Crippen LogP contribution in [0.5, 0.6) is 0 Å². The van der Waals surface area contributed by atoms with Crippen molar-refractivity contribution < 1.29 is 9.59 Å². The maximum absolute atomic E-state index is 13.4. The molecule has 224 valence electrons. The summed E-state index contributed by atoms with van der Waals surface area (Å²) in [6, 6.07) is 6.29. The zero-order valence-corrected chi connectivity index (χ0v) is 26.6. The fourth-order valence-corrected chi connectivity index (χ4v) is 9.57. The molecule has 0 N–H and O–H groups in total. The summed E-state index contributed by atoms with van der Waals surface area (Å²) in [5.41, 5.74) is 2.50. The van der Waals surface area contributed by atoms with Gasteiger partial charge in [0.25, 0.3) is 0 Å². The van der Waals surface area contributed by atoms with E-state index < -0.39 is 0 Å². The molecule has 3 fully saturated rings. The first-order chi connectivity index (χ1) is 19.8. The van der Waals surface area contributed by atoms with Gasteiger partial charge in [-0.3, -0.25) is 14.5 Å². The lowest BCUT2D eigenvalue weighted by atomic mass is 9.82. The van der Waals surface area contributed by atoms with E-state index in [0.29, 0.717) is 42.3 Å². The van der Waals surface area contributed by atoms with Gasteiger partial charge < -0.3 is 9.47 Å². The molecule has 3 aliphatic heterocycles. The number of Topliss-reactive ketones (excluding diaryl/α,β-unsaturated/α-hetero) is 1. The van der Waals surface area contributed by atoms with Crippen molar-refractivity contribution in [1.82, 2.24) is 19.4 Å². The smallest absolute Gasteiger partial charge is 0.225 e. The van der Waals surface area contributed by atoms with E-state index in [1.165, 1.54) is 60.4 Å². The molecule has 2 saturated heterocycles. The molecule has 1 saturated carbocycles. The fraction of sp³-hybridized carbons (Fsp3) is 0.735. The SMILES string of the molecule is Cc1ccc([C@H](CCN2C3CCC2CC(n2c(C)nc4c2CCN(C(=O)C(C)C)C4)C3)CC(=O)C2CCCCC2)s1. The molecule has 0 radical (unpaired) electrons. The van der Waals surface area contributed by atoms with Crippen LogP contribution in [0.4, 0.5) is 0 Å². The largest absolute Gasteiger partial charge is 0.336 e. The van der Waals surface area contributed by atoms with Gasteiger partial charge in [-0.1, -0.05) is 33.1 Å². The Hall–Kier alpha value is -1.99. The van der Waals surface area contributed by atoms with Crippen LogP contribution in [-0.4, -0.2) is 56.2 Å². The maximum Gasteiger partial charge on any atom is 0.225 e. The molecule has 7 heteroatoms. The van der Waals surface area contributed by atoms with Crippen LogP contribution in [0, 0.1) is 25.7 Å². The van der Waals surface area contributed by atoms with Gasteiger partial charge in [-0.2, -0.15) is 0 Å². The van der Waals surface area contributed by atoms with Crippen molar-refractivity contribution in [3.05, 3.63) is 39.1 Å². The maximum atomic E-state index is 13.4. The van der Waals surface area contributed by atoms with Crippen molar-refractivity contribution in [3.63, 3.8) is 0 Å². The lowest BCUT2D eigenvalue weighted by molar-refractivity contribution is -0.135. The zero-order chi connectivity index (χ0) is 28.7. The van der Waals surface area contributed by atoms with Gasteiger partial charge in [0.05, 0.1) is 12.2 Å². The average Bonchev–Trinajstić information content (AvgIpc) is 3.61. The molecule has 2 bridgehead atoms. The number of nitrogens with zero attached hydrogens (tertiary/aromatic N) is 4. The molecule has 3 atom stereocenters. The Morgan fingerprint density at radius 2 is 1.73 bits per heavy atom. The number of hydrogen-bond donors (Lipinski definition) is 0. The van der Waals surface area contributed by atoms with Gasteiger partial charge in [-0.15, -0.1) is 11.3 Å². The molecule has 0 aromatic carbocycles. The summed E-state index contributed by atoms with van der Waals surface area (Å²) < 4.78 is 2.56. The number of carbonyl (C=O) groups is 2. The number of carbonyl (C=O) groups excluding carboxylic acids is 2. The van der Waals surface area contributed by atoms with Crippen LogP contribution < -0.4 is 0 Å². The number of imidazole rings is 1. The molecular weight excluding hydrogens is 528 g/mol. The number of aromatic nitrogens is 2. The average molecular weight is 579 g/mol. The Morgan fingerprint density at radius 1 is 1.00 bits per heavy atom. The fourth-order valence-electron chi connectivity index (χ4n) is 8.56.